The number of rotatable bonds is 5. The zero-order chi connectivity index (χ0) is 32.8. The third-order valence-electron chi connectivity index (χ3n) is 8.98. The second-order valence-corrected chi connectivity index (χ2v) is 13.2. The Morgan fingerprint density at radius 3 is 2.63 bits per heavy atom. The van der Waals surface area contributed by atoms with Crippen molar-refractivity contribution in [1.29, 1.82) is 0 Å². The fourth-order valence-electron chi connectivity index (χ4n) is 6.27. The molecule has 1 fully saturated rings. The summed E-state index contributed by atoms with van der Waals surface area (Å²) >= 11 is 6.18. The minimum atomic E-state index is -0.729. The van der Waals surface area contributed by atoms with Crippen LogP contribution in [-0.2, 0) is 16.1 Å². The standard InChI is InChI=1S/C35H42ClN5O5/c1-23(2)20-29-33(44)37-22-35(13-6-7-19-46-30-11-10-25(36)21-27(30)32(43)39-29)14-17-40(18-15-35)31(42)12-16-41-24(3)38-28-9-5-4-8-26(28)34(41)45/h4-11,21,23,29H,12-20,22H2,1-3H3,(H,37,44)(H,39,43)/b7-6+/t29-/m0/s1. The number of nitrogens with one attached hydrogen (secondary N) is 2. The number of piperidine rings is 1. The molecular formula is C35H42ClN5O5. The smallest absolute Gasteiger partial charge is 0.261 e. The van der Waals surface area contributed by atoms with Crippen LogP contribution in [0.15, 0.2) is 59.4 Å². The van der Waals surface area contributed by atoms with Gasteiger partial charge in [0.2, 0.25) is 11.8 Å². The fourth-order valence-corrected chi connectivity index (χ4v) is 6.45. The summed E-state index contributed by atoms with van der Waals surface area (Å²) in [5.41, 5.74) is 0.530. The van der Waals surface area contributed by atoms with Gasteiger partial charge in [0, 0.05) is 37.6 Å². The number of halogens is 1. The molecule has 1 saturated heterocycles. The number of likely N-dealkylation sites (tertiary alicyclic amines) is 1. The molecule has 2 aromatic carbocycles. The lowest BCUT2D eigenvalue weighted by molar-refractivity contribution is -0.134. The Hall–Kier alpha value is -4.18. The van der Waals surface area contributed by atoms with E-state index in [0.29, 0.717) is 72.8 Å². The van der Waals surface area contributed by atoms with Crippen LogP contribution in [0.5, 0.6) is 5.75 Å². The third-order valence-corrected chi connectivity index (χ3v) is 9.22. The Morgan fingerprint density at radius 1 is 1.11 bits per heavy atom. The van der Waals surface area contributed by atoms with Gasteiger partial charge in [-0.2, -0.15) is 0 Å². The van der Waals surface area contributed by atoms with Crippen LogP contribution in [0.25, 0.3) is 10.9 Å². The predicted molar refractivity (Wildman–Crippen MR) is 178 cm³/mol. The van der Waals surface area contributed by atoms with Crippen LogP contribution in [0, 0.1) is 18.3 Å². The van der Waals surface area contributed by atoms with Crippen molar-refractivity contribution < 1.29 is 19.1 Å². The first-order valence-corrected chi connectivity index (χ1v) is 16.3. The van der Waals surface area contributed by atoms with E-state index in [1.54, 1.807) is 35.8 Å². The molecule has 11 heteroatoms. The van der Waals surface area contributed by atoms with E-state index in [2.05, 4.69) is 21.7 Å². The van der Waals surface area contributed by atoms with Gasteiger partial charge in [-0.05, 0) is 74.3 Å². The summed E-state index contributed by atoms with van der Waals surface area (Å²) in [7, 11) is 0. The second-order valence-electron chi connectivity index (χ2n) is 12.8. The molecule has 3 amide bonds. The van der Waals surface area contributed by atoms with Crippen LogP contribution in [0.3, 0.4) is 0 Å². The van der Waals surface area contributed by atoms with Crippen molar-refractivity contribution in [2.75, 3.05) is 26.2 Å². The number of nitrogens with zero attached hydrogens (tertiary/aromatic N) is 3. The van der Waals surface area contributed by atoms with Gasteiger partial charge in [-0.25, -0.2) is 4.98 Å². The second kappa shape index (κ2) is 14.5. The van der Waals surface area contributed by atoms with E-state index in [1.165, 1.54) is 0 Å². The Labute approximate surface area is 274 Å². The molecule has 46 heavy (non-hydrogen) atoms. The summed E-state index contributed by atoms with van der Waals surface area (Å²) in [6.45, 7) is 7.84. The Bertz CT molecular complexity index is 1690. The van der Waals surface area contributed by atoms with Crippen LogP contribution in [0.1, 0.15) is 62.1 Å². The van der Waals surface area contributed by atoms with E-state index in [4.69, 9.17) is 16.3 Å². The first-order valence-electron chi connectivity index (χ1n) is 16.0. The summed E-state index contributed by atoms with van der Waals surface area (Å²) in [4.78, 5) is 59.5. The van der Waals surface area contributed by atoms with Crippen LogP contribution in [0.2, 0.25) is 5.02 Å². The summed E-state index contributed by atoms with van der Waals surface area (Å²) in [6, 6.07) is 11.4. The zero-order valence-electron chi connectivity index (χ0n) is 26.7. The lowest BCUT2D eigenvalue weighted by Gasteiger charge is -2.42. The van der Waals surface area contributed by atoms with Gasteiger partial charge in [-0.1, -0.05) is 49.7 Å². The molecule has 5 rings (SSSR count). The third kappa shape index (κ3) is 7.78. The van der Waals surface area contributed by atoms with Crippen LogP contribution in [0.4, 0.5) is 0 Å². The number of hydrogen-bond acceptors (Lipinski definition) is 6. The van der Waals surface area contributed by atoms with Crippen LogP contribution >= 0.6 is 11.6 Å². The molecule has 0 unspecified atom stereocenters. The summed E-state index contributed by atoms with van der Waals surface area (Å²) in [5.74, 6) is 0.473. The molecule has 1 aromatic heterocycles. The topological polar surface area (TPSA) is 123 Å². The number of para-hydroxylation sites is 1. The highest BCUT2D eigenvalue weighted by Gasteiger charge is 2.36. The molecule has 0 aliphatic carbocycles. The van der Waals surface area contributed by atoms with Crippen LogP contribution < -0.4 is 20.9 Å². The number of fused-ring (bicyclic) bond motifs is 2. The van der Waals surface area contributed by atoms with Gasteiger partial charge < -0.3 is 20.3 Å². The van der Waals surface area contributed by atoms with E-state index >= 15 is 0 Å². The zero-order valence-corrected chi connectivity index (χ0v) is 27.4. The lowest BCUT2D eigenvalue weighted by atomic mass is 9.75. The van der Waals surface area contributed by atoms with Crippen molar-refractivity contribution in [1.82, 2.24) is 25.1 Å². The molecule has 3 heterocycles. The summed E-state index contributed by atoms with van der Waals surface area (Å²) < 4.78 is 7.52. The molecule has 2 aliphatic heterocycles. The molecule has 244 valence electrons. The molecule has 1 spiro atoms. The average molecular weight is 648 g/mol. The van der Waals surface area contributed by atoms with Gasteiger partial charge in [-0.3, -0.25) is 23.7 Å². The van der Waals surface area contributed by atoms with Gasteiger partial charge >= 0.3 is 0 Å². The van der Waals surface area contributed by atoms with Crippen molar-refractivity contribution in [2.24, 2.45) is 11.3 Å². The highest BCUT2D eigenvalue weighted by Crippen LogP contribution is 2.35. The molecule has 3 aromatic rings. The molecule has 0 saturated carbocycles. The molecule has 1 atom stereocenters. The molecule has 0 radical (unpaired) electrons. The summed E-state index contributed by atoms with van der Waals surface area (Å²) in [6.07, 6.45) is 6.74. The Kier molecular flexibility index (Phi) is 10.5. The molecular weight excluding hydrogens is 606 g/mol. The van der Waals surface area contributed by atoms with Crippen LogP contribution in [-0.4, -0.2) is 64.5 Å². The van der Waals surface area contributed by atoms with Crippen molar-refractivity contribution in [3.8, 4) is 5.75 Å². The maximum Gasteiger partial charge on any atom is 0.261 e. The molecule has 0 bridgehead atoms. The van der Waals surface area contributed by atoms with Gasteiger partial charge in [0.25, 0.3) is 11.5 Å². The Balaban J connectivity index is 1.27. The number of allylic oxidation sites excluding steroid dienone is 1. The minimum absolute atomic E-state index is 0.0124. The fraction of sp³-hybridized carbons (Fsp3) is 0.457. The summed E-state index contributed by atoms with van der Waals surface area (Å²) in [5, 5.41) is 6.98. The van der Waals surface area contributed by atoms with Gasteiger partial charge in [-0.15, -0.1) is 0 Å². The predicted octanol–water partition coefficient (Wildman–Crippen LogP) is 4.66. The number of benzene rings is 2. The number of amides is 3. The van der Waals surface area contributed by atoms with Gasteiger partial charge in [0.1, 0.15) is 24.2 Å². The van der Waals surface area contributed by atoms with Crippen molar-refractivity contribution in [2.45, 2.75) is 65.5 Å². The number of aromatic nitrogens is 2. The first-order chi connectivity index (χ1) is 22.0. The maximum absolute atomic E-state index is 13.5. The highest BCUT2D eigenvalue weighted by molar-refractivity contribution is 6.31. The number of carbonyl (C=O) groups excluding carboxylic acids is 3. The minimum Gasteiger partial charge on any atom is -0.489 e. The largest absolute Gasteiger partial charge is 0.489 e. The number of ether oxygens (including phenoxy) is 1. The van der Waals surface area contributed by atoms with E-state index in [1.807, 2.05) is 43.0 Å². The highest BCUT2D eigenvalue weighted by atomic mass is 35.5. The molecule has 2 aliphatic rings. The Morgan fingerprint density at radius 2 is 1.87 bits per heavy atom. The van der Waals surface area contributed by atoms with E-state index in [9.17, 15) is 19.2 Å². The molecule has 10 nitrogen and oxygen atoms in total. The maximum atomic E-state index is 13.5. The van der Waals surface area contributed by atoms with E-state index < -0.39 is 11.9 Å². The number of carbonyl (C=O) groups is 3. The van der Waals surface area contributed by atoms with E-state index in [0.717, 1.165) is 0 Å². The SMILES string of the molecule is Cc1nc2ccccc2c(=O)n1CCC(=O)N1CCC2(C/C=C/COc3ccc(Cl)cc3C(=O)N[C@@H](CC(C)C)C(=O)NC2)CC1. The van der Waals surface area contributed by atoms with Crippen molar-refractivity contribution in [3.05, 3.63) is 81.4 Å². The first kappa shape index (κ1) is 33.2. The van der Waals surface area contributed by atoms with Crippen molar-refractivity contribution in [3.63, 3.8) is 0 Å². The monoisotopic (exact) mass is 647 g/mol. The normalized spacial score (nSPS) is 19.6. The average Bonchev–Trinajstić information content (AvgIpc) is 3.03. The van der Waals surface area contributed by atoms with Gasteiger partial charge in [0.05, 0.1) is 16.5 Å². The quantitative estimate of drug-likeness (QED) is 0.389. The van der Waals surface area contributed by atoms with Crippen molar-refractivity contribution >= 4 is 40.2 Å². The lowest BCUT2D eigenvalue weighted by Crippen LogP contribution is -2.52. The van der Waals surface area contributed by atoms with Gasteiger partial charge in [0.15, 0.2) is 0 Å². The number of hydrogen-bond donors (Lipinski definition) is 2. The molecule has 2 N–H and O–H groups in total. The van der Waals surface area contributed by atoms with E-state index in [-0.39, 0.29) is 53.8 Å². The number of aryl methyl sites for hydroxylation is 1.